The minimum Gasteiger partial charge on any atom is -0.507 e. The van der Waals surface area contributed by atoms with Crippen molar-refractivity contribution in [3.05, 3.63) is 59.2 Å². The van der Waals surface area contributed by atoms with Crippen LogP contribution in [0, 0.1) is 0 Å². The molecule has 0 bridgehead atoms. The third kappa shape index (κ3) is 4.44. The first kappa shape index (κ1) is 20.3. The number of hydrogen-bond acceptors (Lipinski definition) is 5. The molecule has 1 saturated carbocycles. The Morgan fingerprint density at radius 2 is 1.87 bits per heavy atom. The number of pyridine rings is 1. The van der Waals surface area contributed by atoms with Crippen LogP contribution in [0.5, 0.6) is 11.5 Å². The normalized spacial score (nSPS) is 18.7. The Labute approximate surface area is 180 Å². The lowest BCUT2D eigenvalue weighted by atomic mass is 9.90. The van der Waals surface area contributed by atoms with Crippen molar-refractivity contribution < 1.29 is 14.6 Å². The summed E-state index contributed by atoms with van der Waals surface area (Å²) in [6.45, 7) is 0. The topological polar surface area (TPSA) is 83.5 Å². The third-order valence-electron chi connectivity index (χ3n) is 5.58. The van der Waals surface area contributed by atoms with Gasteiger partial charge in [-0.05, 0) is 62.1 Å². The number of carbonyl (C=O) groups is 1. The van der Waals surface area contributed by atoms with E-state index in [9.17, 15) is 9.90 Å². The van der Waals surface area contributed by atoms with Crippen LogP contribution in [0.4, 0.5) is 5.69 Å². The summed E-state index contributed by atoms with van der Waals surface area (Å²) in [5, 5.41) is 18.5. The number of ether oxygens (including phenoxy) is 1. The molecule has 1 amide bonds. The van der Waals surface area contributed by atoms with Gasteiger partial charge >= 0.3 is 0 Å². The van der Waals surface area contributed by atoms with Gasteiger partial charge in [0.1, 0.15) is 11.5 Å². The number of carbonyl (C=O) groups excluding carboxylic acids is 1. The third-order valence-corrected chi connectivity index (χ3v) is 5.81. The predicted molar refractivity (Wildman–Crippen MR) is 119 cm³/mol. The molecule has 0 atom stereocenters. The number of methoxy groups -OCH3 is 1. The Morgan fingerprint density at radius 3 is 2.60 bits per heavy atom. The Hall–Kier alpha value is -2.99. The van der Waals surface area contributed by atoms with E-state index in [0.29, 0.717) is 16.8 Å². The molecule has 0 saturated heterocycles. The van der Waals surface area contributed by atoms with Gasteiger partial charge in [0.05, 0.1) is 18.2 Å². The molecule has 1 aliphatic carbocycles. The van der Waals surface area contributed by atoms with Crippen molar-refractivity contribution in [3.8, 4) is 11.5 Å². The Bertz CT molecular complexity index is 1060. The van der Waals surface area contributed by atoms with E-state index in [4.69, 9.17) is 16.3 Å². The second kappa shape index (κ2) is 8.79. The molecule has 0 unspecified atom stereocenters. The highest BCUT2D eigenvalue weighted by Gasteiger charge is 2.24. The van der Waals surface area contributed by atoms with Gasteiger partial charge in [-0.2, -0.15) is 0 Å². The van der Waals surface area contributed by atoms with Crippen molar-refractivity contribution in [1.82, 2.24) is 10.3 Å². The lowest BCUT2D eigenvalue weighted by Crippen LogP contribution is -2.40. The molecule has 2 aromatic carbocycles. The van der Waals surface area contributed by atoms with Gasteiger partial charge in [0.15, 0.2) is 0 Å². The number of fused-ring (bicyclic) bond motifs is 1. The summed E-state index contributed by atoms with van der Waals surface area (Å²) in [6, 6.07) is 12.8. The van der Waals surface area contributed by atoms with E-state index in [-0.39, 0.29) is 23.3 Å². The first-order valence-electron chi connectivity index (χ1n) is 10.0. The lowest BCUT2D eigenvalue weighted by molar-refractivity contribution is 0.0924. The largest absolute Gasteiger partial charge is 0.507 e. The van der Waals surface area contributed by atoms with Crippen LogP contribution in [0.2, 0.25) is 5.02 Å². The van der Waals surface area contributed by atoms with Gasteiger partial charge in [-0.25, -0.2) is 0 Å². The van der Waals surface area contributed by atoms with Gasteiger partial charge in [-0.1, -0.05) is 11.6 Å². The van der Waals surface area contributed by atoms with E-state index < -0.39 is 0 Å². The van der Waals surface area contributed by atoms with E-state index in [1.165, 1.54) is 13.2 Å². The van der Waals surface area contributed by atoms with Gasteiger partial charge < -0.3 is 20.5 Å². The summed E-state index contributed by atoms with van der Waals surface area (Å²) in [5.41, 5.74) is 2.18. The van der Waals surface area contributed by atoms with E-state index >= 15 is 0 Å². The summed E-state index contributed by atoms with van der Waals surface area (Å²) in [7, 11) is 1.52. The van der Waals surface area contributed by atoms with E-state index in [1.807, 2.05) is 24.3 Å². The molecule has 30 heavy (non-hydrogen) atoms. The quantitative estimate of drug-likeness (QED) is 0.549. The van der Waals surface area contributed by atoms with Crippen LogP contribution < -0.4 is 15.4 Å². The van der Waals surface area contributed by atoms with Crippen LogP contribution in [-0.2, 0) is 0 Å². The molecule has 1 aliphatic rings. The van der Waals surface area contributed by atoms with Gasteiger partial charge in [0, 0.05) is 40.4 Å². The molecule has 3 N–H and O–H groups in total. The molecule has 6 nitrogen and oxygen atoms in total. The zero-order valence-corrected chi connectivity index (χ0v) is 17.4. The number of anilines is 1. The van der Waals surface area contributed by atoms with Crippen LogP contribution in [0.25, 0.3) is 10.9 Å². The molecule has 4 rings (SSSR count). The van der Waals surface area contributed by atoms with Crippen LogP contribution >= 0.6 is 11.6 Å². The van der Waals surface area contributed by atoms with E-state index in [2.05, 4.69) is 15.6 Å². The molecular formula is C23H24ClN3O3. The fourth-order valence-corrected chi connectivity index (χ4v) is 4.11. The first-order valence-corrected chi connectivity index (χ1v) is 10.4. The van der Waals surface area contributed by atoms with E-state index in [1.54, 1.807) is 18.3 Å². The molecular weight excluding hydrogens is 402 g/mol. The van der Waals surface area contributed by atoms with Crippen molar-refractivity contribution in [1.29, 1.82) is 0 Å². The Balaban J connectivity index is 1.35. The maximum absolute atomic E-state index is 12.5. The smallest absolute Gasteiger partial charge is 0.255 e. The number of benzene rings is 2. The number of phenolic OH excluding ortho intramolecular Hbond substituents is 1. The first-order chi connectivity index (χ1) is 14.5. The minimum atomic E-state index is -0.261. The Kier molecular flexibility index (Phi) is 5.95. The summed E-state index contributed by atoms with van der Waals surface area (Å²) in [5.74, 6) is 0.178. The fraction of sp³-hybridized carbons (Fsp3) is 0.304. The predicted octanol–water partition coefficient (Wildman–Crippen LogP) is 4.76. The van der Waals surface area contributed by atoms with Crippen LogP contribution in [-0.4, -0.2) is 35.2 Å². The average molecular weight is 426 g/mol. The van der Waals surface area contributed by atoms with Crippen molar-refractivity contribution in [3.63, 3.8) is 0 Å². The molecule has 7 heteroatoms. The number of phenols is 1. The average Bonchev–Trinajstić information content (AvgIpc) is 2.74. The lowest BCUT2D eigenvalue weighted by Gasteiger charge is -2.30. The maximum atomic E-state index is 12.5. The van der Waals surface area contributed by atoms with Gasteiger partial charge in [-0.15, -0.1) is 0 Å². The van der Waals surface area contributed by atoms with Crippen LogP contribution in [0.1, 0.15) is 36.0 Å². The Morgan fingerprint density at radius 1 is 1.10 bits per heavy atom. The number of nitrogens with zero attached hydrogens (tertiary/aromatic N) is 1. The molecule has 1 heterocycles. The van der Waals surface area contributed by atoms with E-state index in [0.717, 1.165) is 42.3 Å². The molecule has 1 aromatic heterocycles. The van der Waals surface area contributed by atoms with Crippen LogP contribution in [0.15, 0.2) is 48.7 Å². The van der Waals surface area contributed by atoms with Crippen LogP contribution in [0.3, 0.4) is 0 Å². The molecule has 3 aromatic rings. The molecule has 0 spiro atoms. The number of aromatic nitrogens is 1. The number of hydrogen-bond donors (Lipinski definition) is 3. The minimum absolute atomic E-state index is 0.0770. The fourth-order valence-electron chi connectivity index (χ4n) is 3.94. The van der Waals surface area contributed by atoms with Crippen molar-refractivity contribution >= 4 is 34.1 Å². The highest BCUT2D eigenvalue weighted by molar-refractivity contribution is 6.31. The summed E-state index contributed by atoms with van der Waals surface area (Å²) >= 11 is 6.07. The second-order valence-corrected chi connectivity index (χ2v) is 8.01. The highest BCUT2D eigenvalue weighted by atomic mass is 35.5. The van der Waals surface area contributed by atoms with Crippen molar-refractivity contribution in [2.45, 2.75) is 37.8 Å². The number of halogens is 1. The summed E-state index contributed by atoms with van der Waals surface area (Å²) < 4.78 is 5.06. The number of aromatic hydroxyl groups is 1. The maximum Gasteiger partial charge on any atom is 0.255 e. The number of rotatable bonds is 5. The summed E-state index contributed by atoms with van der Waals surface area (Å²) in [4.78, 5) is 16.9. The standard InChI is InChI=1S/C23H24ClN3O3/c1-30-17-7-9-19(22(28)13-17)23(29)27-16-5-3-15(4-6-16)26-20-10-11-25-21-12-14(24)2-8-18(20)21/h2,7-13,15-16,28H,3-6H2,1H3,(H,25,26)(H,27,29). The summed E-state index contributed by atoms with van der Waals surface area (Å²) in [6.07, 6.45) is 5.41. The monoisotopic (exact) mass is 425 g/mol. The molecule has 156 valence electrons. The number of nitrogens with one attached hydrogen (secondary N) is 2. The zero-order valence-electron chi connectivity index (χ0n) is 16.7. The molecule has 0 radical (unpaired) electrons. The highest BCUT2D eigenvalue weighted by Crippen LogP contribution is 2.29. The van der Waals surface area contributed by atoms with Gasteiger partial charge in [0.2, 0.25) is 0 Å². The van der Waals surface area contributed by atoms with Gasteiger partial charge in [0.25, 0.3) is 5.91 Å². The van der Waals surface area contributed by atoms with Gasteiger partial charge in [-0.3, -0.25) is 9.78 Å². The second-order valence-electron chi connectivity index (χ2n) is 7.57. The molecule has 1 fully saturated rings. The number of amides is 1. The van der Waals surface area contributed by atoms with Crippen molar-refractivity contribution in [2.24, 2.45) is 0 Å². The van der Waals surface area contributed by atoms with Crippen molar-refractivity contribution in [2.75, 3.05) is 12.4 Å². The SMILES string of the molecule is COc1ccc(C(=O)NC2CCC(Nc3ccnc4cc(Cl)ccc34)CC2)c(O)c1. The molecule has 0 aliphatic heterocycles. The zero-order chi connectivity index (χ0) is 21.1.